The van der Waals surface area contributed by atoms with Gasteiger partial charge in [-0.2, -0.15) is 0 Å². The van der Waals surface area contributed by atoms with Crippen LogP contribution < -0.4 is 0 Å². The van der Waals surface area contributed by atoms with E-state index in [0.717, 1.165) is 90.5 Å². The molecular formula is C45H29N3O2. The molecule has 6 aromatic carbocycles. The molecule has 0 saturated carbocycles. The highest BCUT2D eigenvalue weighted by Gasteiger charge is 2.27. The van der Waals surface area contributed by atoms with Crippen molar-refractivity contribution in [2.45, 2.75) is 12.8 Å². The largest absolute Gasteiger partial charge is 0.460 e. The molecule has 0 spiro atoms. The molecule has 50 heavy (non-hydrogen) atoms. The molecule has 0 aliphatic heterocycles. The SMILES string of the molecule is C1=C(c2nc(-c3ccccc3)nc(-c3ccc(-c4ccccc4)cc3)n2)c2c(oc3c(-c4cccc5oc6ccccc6c45)cccc23)CC1. The maximum Gasteiger partial charge on any atom is 0.164 e. The van der Waals surface area contributed by atoms with E-state index in [-0.39, 0.29) is 0 Å². The van der Waals surface area contributed by atoms with Gasteiger partial charge in [0.05, 0.1) is 0 Å². The highest BCUT2D eigenvalue weighted by Crippen LogP contribution is 2.44. The fraction of sp³-hybridized carbons (Fsp3) is 0.0444. The number of fused-ring (bicyclic) bond motifs is 6. The molecule has 3 aromatic heterocycles. The van der Waals surface area contributed by atoms with Crippen LogP contribution in [-0.2, 0) is 6.42 Å². The zero-order chi connectivity index (χ0) is 33.0. The molecule has 1 aliphatic rings. The number of allylic oxidation sites excluding steroid dienone is 1. The molecule has 0 bridgehead atoms. The second kappa shape index (κ2) is 11.5. The number of hydrogen-bond acceptors (Lipinski definition) is 5. The molecule has 0 N–H and O–H groups in total. The van der Waals surface area contributed by atoms with Gasteiger partial charge in [-0.1, -0.05) is 140 Å². The molecule has 0 saturated heterocycles. The number of furan rings is 2. The van der Waals surface area contributed by atoms with Crippen LogP contribution in [0.25, 0.3) is 83.5 Å². The third kappa shape index (κ3) is 4.66. The van der Waals surface area contributed by atoms with Crippen molar-refractivity contribution in [2.75, 3.05) is 0 Å². The van der Waals surface area contributed by atoms with Crippen molar-refractivity contribution >= 4 is 38.5 Å². The number of rotatable bonds is 5. The van der Waals surface area contributed by atoms with Gasteiger partial charge in [-0.3, -0.25) is 0 Å². The normalized spacial score (nSPS) is 12.8. The monoisotopic (exact) mass is 643 g/mol. The minimum atomic E-state index is 0.633. The molecule has 10 rings (SSSR count). The molecule has 0 unspecified atom stereocenters. The van der Waals surface area contributed by atoms with E-state index in [1.807, 2.05) is 54.6 Å². The highest BCUT2D eigenvalue weighted by atomic mass is 16.3. The summed E-state index contributed by atoms with van der Waals surface area (Å²) in [5, 5.41) is 3.23. The zero-order valence-electron chi connectivity index (χ0n) is 27.0. The Morgan fingerprint density at radius 3 is 1.82 bits per heavy atom. The van der Waals surface area contributed by atoms with Crippen molar-refractivity contribution in [3.05, 3.63) is 169 Å². The van der Waals surface area contributed by atoms with Crippen LogP contribution in [0.2, 0.25) is 0 Å². The minimum Gasteiger partial charge on any atom is -0.460 e. The van der Waals surface area contributed by atoms with Gasteiger partial charge in [0, 0.05) is 50.4 Å². The number of nitrogens with zero attached hydrogens (tertiary/aromatic N) is 3. The van der Waals surface area contributed by atoms with Crippen molar-refractivity contribution in [2.24, 2.45) is 0 Å². The van der Waals surface area contributed by atoms with Crippen LogP contribution in [0.4, 0.5) is 0 Å². The smallest absolute Gasteiger partial charge is 0.164 e. The van der Waals surface area contributed by atoms with Crippen LogP contribution in [0.1, 0.15) is 23.6 Å². The lowest BCUT2D eigenvalue weighted by Crippen LogP contribution is -2.06. The summed E-state index contributed by atoms with van der Waals surface area (Å²) < 4.78 is 13.1. The van der Waals surface area contributed by atoms with Gasteiger partial charge in [-0.15, -0.1) is 0 Å². The third-order valence-corrected chi connectivity index (χ3v) is 9.63. The molecule has 3 heterocycles. The first-order valence-corrected chi connectivity index (χ1v) is 16.9. The number of hydrogen-bond donors (Lipinski definition) is 0. The first-order valence-electron chi connectivity index (χ1n) is 16.9. The van der Waals surface area contributed by atoms with E-state index in [1.54, 1.807) is 0 Å². The lowest BCUT2D eigenvalue weighted by atomic mass is 9.92. The van der Waals surface area contributed by atoms with E-state index >= 15 is 0 Å². The number of para-hydroxylation sites is 2. The second-order valence-corrected chi connectivity index (χ2v) is 12.6. The number of aryl methyl sites for hydroxylation is 1. The highest BCUT2D eigenvalue weighted by molar-refractivity contribution is 6.15. The topological polar surface area (TPSA) is 65.0 Å². The summed E-state index contributed by atoms with van der Waals surface area (Å²) in [6.07, 6.45) is 3.88. The van der Waals surface area contributed by atoms with Crippen molar-refractivity contribution in [1.29, 1.82) is 0 Å². The van der Waals surface area contributed by atoms with Gasteiger partial charge >= 0.3 is 0 Å². The Kier molecular flexibility index (Phi) is 6.56. The van der Waals surface area contributed by atoms with Crippen LogP contribution in [0.15, 0.2) is 161 Å². The van der Waals surface area contributed by atoms with Crippen molar-refractivity contribution in [3.63, 3.8) is 0 Å². The molecule has 0 amide bonds. The molecule has 5 nitrogen and oxygen atoms in total. The van der Waals surface area contributed by atoms with E-state index < -0.39 is 0 Å². The molecule has 1 aliphatic carbocycles. The molecule has 0 radical (unpaired) electrons. The Morgan fingerprint density at radius 1 is 0.440 bits per heavy atom. The Morgan fingerprint density at radius 2 is 1.02 bits per heavy atom. The average Bonchev–Trinajstić information content (AvgIpc) is 3.77. The Balaban J connectivity index is 1.13. The van der Waals surface area contributed by atoms with Crippen LogP contribution in [-0.4, -0.2) is 15.0 Å². The van der Waals surface area contributed by atoms with E-state index in [2.05, 4.69) is 97.1 Å². The predicted octanol–water partition coefficient (Wildman–Crippen LogP) is 11.6. The standard InChI is InChI=1S/C45H29N3O2/c1-3-12-28(13-4-1)29-24-26-31(27-25-29)44-46-43(30-14-5-2-6-15-30)47-45(48-44)36-20-11-23-39-41(36)35-19-9-18-33(42(35)50-39)32-17-10-22-38-40(32)34-16-7-8-21-37(34)49-38/h1-10,12-22,24-27H,11,23H2. The van der Waals surface area contributed by atoms with Crippen molar-refractivity contribution in [1.82, 2.24) is 15.0 Å². The minimum absolute atomic E-state index is 0.633. The third-order valence-electron chi connectivity index (χ3n) is 9.63. The summed E-state index contributed by atoms with van der Waals surface area (Å²) in [5.74, 6) is 2.86. The summed E-state index contributed by atoms with van der Waals surface area (Å²) >= 11 is 0. The van der Waals surface area contributed by atoms with E-state index in [9.17, 15) is 0 Å². The van der Waals surface area contributed by atoms with Gasteiger partial charge in [-0.25, -0.2) is 15.0 Å². The summed E-state index contributed by atoms with van der Waals surface area (Å²) in [6.45, 7) is 0. The van der Waals surface area contributed by atoms with Gasteiger partial charge < -0.3 is 8.83 Å². The Labute approximate surface area is 288 Å². The van der Waals surface area contributed by atoms with Gasteiger partial charge in [0.15, 0.2) is 17.5 Å². The molecule has 236 valence electrons. The fourth-order valence-electron chi connectivity index (χ4n) is 7.29. The molecule has 0 fully saturated rings. The van der Waals surface area contributed by atoms with Gasteiger partial charge in [0.25, 0.3) is 0 Å². The van der Waals surface area contributed by atoms with E-state index in [0.29, 0.717) is 17.5 Å². The van der Waals surface area contributed by atoms with E-state index in [4.69, 9.17) is 23.8 Å². The summed E-state index contributed by atoms with van der Waals surface area (Å²) in [5.41, 5.74) is 10.9. The van der Waals surface area contributed by atoms with Gasteiger partial charge in [0.2, 0.25) is 0 Å². The molecule has 9 aromatic rings. The van der Waals surface area contributed by atoms with Crippen molar-refractivity contribution in [3.8, 4) is 45.0 Å². The van der Waals surface area contributed by atoms with Crippen LogP contribution >= 0.6 is 0 Å². The maximum absolute atomic E-state index is 6.81. The zero-order valence-corrected chi connectivity index (χ0v) is 27.0. The number of aromatic nitrogens is 3. The van der Waals surface area contributed by atoms with Crippen LogP contribution in [0.3, 0.4) is 0 Å². The predicted molar refractivity (Wildman–Crippen MR) is 200 cm³/mol. The lowest BCUT2D eigenvalue weighted by Gasteiger charge is -2.14. The first kappa shape index (κ1) is 28.4. The van der Waals surface area contributed by atoms with Crippen LogP contribution in [0.5, 0.6) is 0 Å². The van der Waals surface area contributed by atoms with Gasteiger partial charge in [-0.05, 0) is 35.2 Å². The molecule has 5 heteroatoms. The average molecular weight is 644 g/mol. The second-order valence-electron chi connectivity index (χ2n) is 12.6. The number of benzene rings is 6. The quantitative estimate of drug-likeness (QED) is 0.187. The Bertz CT molecular complexity index is 2740. The first-order chi connectivity index (χ1) is 24.8. The maximum atomic E-state index is 6.81. The lowest BCUT2D eigenvalue weighted by molar-refractivity contribution is 0.546. The van der Waals surface area contributed by atoms with Crippen LogP contribution in [0, 0.1) is 0 Å². The Hall–Kier alpha value is -6.59. The van der Waals surface area contributed by atoms with Gasteiger partial charge in [0.1, 0.15) is 22.5 Å². The van der Waals surface area contributed by atoms with E-state index in [1.165, 1.54) is 5.56 Å². The summed E-state index contributed by atoms with van der Waals surface area (Å²) in [6, 6.07) is 49.8. The fourth-order valence-corrected chi connectivity index (χ4v) is 7.29. The summed E-state index contributed by atoms with van der Waals surface area (Å²) in [4.78, 5) is 15.2. The molecule has 0 atom stereocenters. The molecular weight excluding hydrogens is 615 g/mol. The van der Waals surface area contributed by atoms with Crippen molar-refractivity contribution < 1.29 is 8.83 Å². The summed E-state index contributed by atoms with van der Waals surface area (Å²) in [7, 11) is 0.